The first-order valence-electron chi connectivity index (χ1n) is 8.46. The first-order chi connectivity index (χ1) is 11.6. The van der Waals surface area contributed by atoms with Crippen LogP contribution in [0, 0.1) is 5.41 Å². The summed E-state index contributed by atoms with van der Waals surface area (Å²) in [5.41, 5.74) is 1.63. The topological polar surface area (TPSA) is 67.4 Å². The average molecular weight is 348 g/mol. The molecule has 2 N–H and O–H groups in total. The fourth-order valence-electron chi connectivity index (χ4n) is 3.54. The zero-order chi connectivity index (χ0) is 17.0. The number of anilines is 1. The number of carbonyl (C=O) groups excluding carboxylic acids is 2. The molecule has 0 aromatic heterocycles. The van der Waals surface area contributed by atoms with Crippen LogP contribution >= 0.6 is 11.8 Å². The highest BCUT2D eigenvalue weighted by Gasteiger charge is 2.33. The van der Waals surface area contributed by atoms with Crippen LogP contribution in [0.25, 0.3) is 0 Å². The van der Waals surface area contributed by atoms with Gasteiger partial charge >= 0.3 is 0 Å². The Balaban J connectivity index is 1.63. The first-order valence-corrected chi connectivity index (χ1v) is 9.44. The Kier molecular flexibility index (Phi) is 5.46. The van der Waals surface area contributed by atoms with Crippen LogP contribution in [-0.2, 0) is 9.53 Å². The number of fused-ring (bicyclic) bond motifs is 1. The summed E-state index contributed by atoms with van der Waals surface area (Å²) < 4.78 is 5.24. The van der Waals surface area contributed by atoms with E-state index in [0.717, 1.165) is 36.5 Å². The molecular formula is C18H24N2O3S. The second-order valence-corrected chi connectivity index (χ2v) is 7.70. The molecule has 3 rings (SSSR count). The second kappa shape index (κ2) is 7.57. The maximum Gasteiger partial charge on any atom is 0.251 e. The van der Waals surface area contributed by atoms with Gasteiger partial charge in [-0.2, -0.15) is 0 Å². The summed E-state index contributed by atoms with van der Waals surface area (Å²) in [6, 6.07) is 5.45. The normalized spacial score (nSPS) is 18.8. The molecule has 1 aromatic rings. The molecule has 1 saturated carbocycles. The average Bonchev–Trinajstić information content (AvgIpc) is 3.06. The minimum absolute atomic E-state index is 0.00557. The molecule has 0 atom stereocenters. The predicted octanol–water partition coefficient (Wildman–Crippen LogP) is 3.06. The summed E-state index contributed by atoms with van der Waals surface area (Å²) in [6.45, 7) is 1.45. The largest absolute Gasteiger partial charge is 0.385 e. The molecule has 130 valence electrons. The Morgan fingerprint density at radius 3 is 2.92 bits per heavy atom. The Bertz CT molecular complexity index is 627. The summed E-state index contributed by atoms with van der Waals surface area (Å²) in [5, 5.41) is 5.94. The zero-order valence-corrected chi connectivity index (χ0v) is 14.8. The van der Waals surface area contributed by atoms with Gasteiger partial charge in [0.25, 0.3) is 5.91 Å². The molecular weight excluding hydrogens is 324 g/mol. The molecule has 0 unspecified atom stereocenters. The molecule has 1 aliphatic carbocycles. The number of methoxy groups -OCH3 is 1. The smallest absolute Gasteiger partial charge is 0.251 e. The van der Waals surface area contributed by atoms with E-state index in [-0.39, 0.29) is 17.2 Å². The number of thioether (sulfide) groups is 1. The molecule has 0 radical (unpaired) electrons. The molecule has 0 bridgehead atoms. The molecule has 5 nitrogen and oxygen atoms in total. The highest BCUT2D eigenvalue weighted by molar-refractivity contribution is 8.00. The maximum atomic E-state index is 12.5. The van der Waals surface area contributed by atoms with Crippen LogP contribution in [0.1, 0.15) is 42.5 Å². The lowest BCUT2D eigenvalue weighted by atomic mass is 9.83. The van der Waals surface area contributed by atoms with Gasteiger partial charge in [0.05, 0.1) is 11.4 Å². The minimum Gasteiger partial charge on any atom is -0.385 e. The van der Waals surface area contributed by atoms with E-state index >= 15 is 0 Å². The van der Waals surface area contributed by atoms with Crippen LogP contribution in [0.15, 0.2) is 23.1 Å². The lowest BCUT2D eigenvalue weighted by Crippen LogP contribution is -2.36. The van der Waals surface area contributed by atoms with Crippen LogP contribution in [0.4, 0.5) is 5.69 Å². The van der Waals surface area contributed by atoms with Crippen molar-refractivity contribution in [1.29, 1.82) is 0 Å². The molecule has 1 fully saturated rings. The summed E-state index contributed by atoms with van der Waals surface area (Å²) in [7, 11) is 1.73. The van der Waals surface area contributed by atoms with Gasteiger partial charge in [0, 0.05) is 30.7 Å². The molecule has 1 heterocycles. The van der Waals surface area contributed by atoms with Crippen LogP contribution in [0.2, 0.25) is 0 Å². The molecule has 1 aliphatic heterocycles. The van der Waals surface area contributed by atoms with E-state index in [1.807, 2.05) is 12.1 Å². The highest BCUT2D eigenvalue weighted by Crippen LogP contribution is 2.40. The molecule has 2 amide bonds. The minimum atomic E-state index is -0.0426. The summed E-state index contributed by atoms with van der Waals surface area (Å²) in [4.78, 5) is 24.9. The number of hydrogen-bond acceptors (Lipinski definition) is 4. The SMILES string of the molecule is COCCC1(CNC(=O)c2ccc3c(c2)SCC(=O)N3)CCCC1. The Hall–Kier alpha value is -1.53. The lowest BCUT2D eigenvalue weighted by Gasteiger charge is -2.29. The summed E-state index contributed by atoms with van der Waals surface area (Å²) in [5.74, 6) is 0.364. The second-order valence-electron chi connectivity index (χ2n) is 6.68. The quantitative estimate of drug-likeness (QED) is 0.829. The van der Waals surface area contributed by atoms with Crippen molar-refractivity contribution in [1.82, 2.24) is 5.32 Å². The van der Waals surface area contributed by atoms with E-state index < -0.39 is 0 Å². The van der Waals surface area contributed by atoms with Crippen LogP contribution in [0.3, 0.4) is 0 Å². The Labute approximate surface area is 146 Å². The van der Waals surface area contributed by atoms with Crippen molar-refractivity contribution in [2.75, 3.05) is 31.3 Å². The van der Waals surface area contributed by atoms with E-state index in [1.165, 1.54) is 24.6 Å². The van der Waals surface area contributed by atoms with Gasteiger partial charge in [0.1, 0.15) is 0 Å². The van der Waals surface area contributed by atoms with Gasteiger partial charge in [-0.15, -0.1) is 11.8 Å². The number of ether oxygens (including phenoxy) is 1. The van der Waals surface area contributed by atoms with Gasteiger partial charge in [-0.05, 0) is 42.9 Å². The van der Waals surface area contributed by atoms with Crippen molar-refractivity contribution in [3.05, 3.63) is 23.8 Å². The third kappa shape index (κ3) is 3.92. The molecule has 0 spiro atoms. The van der Waals surface area contributed by atoms with Gasteiger partial charge in [0.15, 0.2) is 0 Å². The number of nitrogens with one attached hydrogen (secondary N) is 2. The fraction of sp³-hybridized carbons (Fsp3) is 0.556. The number of rotatable bonds is 6. The fourth-order valence-corrected chi connectivity index (χ4v) is 4.39. The number of carbonyl (C=O) groups is 2. The zero-order valence-electron chi connectivity index (χ0n) is 14.0. The Morgan fingerprint density at radius 2 is 2.17 bits per heavy atom. The standard InChI is InChI=1S/C18H24N2O3S/c1-23-9-8-18(6-2-3-7-18)12-19-17(22)13-4-5-14-15(10-13)24-11-16(21)20-14/h4-5,10H,2-3,6-9,11-12H2,1H3,(H,19,22)(H,20,21). The van der Waals surface area contributed by atoms with Crippen molar-refractivity contribution in [3.63, 3.8) is 0 Å². The Morgan fingerprint density at radius 1 is 1.38 bits per heavy atom. The number of benzene rings is 1. The van der Waals surface area contributed by atoms with E-state index in [1.54, 1.807) is 13.2 Å². The third-order valence-corrected chi connectivity index (χ3v) is 6.06. The summed E-state index contributed by atoms with van der Waals surface area (Å²) in [6.07, 6.45) is 5.77. The van der Waals surface area contributed by atoms with Crippen molar-refractivity contribution in [2.24, 2.45) is 5.41 Å². The maximum absolute atomic E-state index is 12.5. The molecule has 2 aliphatic rings. The third-order valence-electron chi connectivity index (χ3n) is 5.00. The van der Waals surface area contributed by atoms with Crippen molar-refractivity contribution in [3.8, 4) is 0 Å². The van der Waals surface area contributed by atoms with Gasteiger partial charge < -0.3 is 15.4 Å². The number of hydrogen-bond donors (Lipinski definition) is 2. The molecule has 0 saturated heterocycles. The van der Waals surface area contributed by atoms with Crippen molar-refractivity contribution < 1.29 is 14.3 Å². The molecule has 1 aromatic carbocycles. The van der Waals surface area contributed by atoms with Gasteiger partial charge in [0.2, 0.25) is 5.91 Å². The van der Waals surface area contributed by atoms with Crippen LogP contribution in [-0.4, -0.2) is 37.8 Å². The predicted molar refractivity (Wildman–Crippen MR) is 95.5 cm³/mol. The van der Waals surface area contributed by atoms with Crippen molar-refractivity contribution in [2.45, 2.75) is 37.0 Å². The van der Waals surface area contributed by atoms with E-state index in [4.69, 9.17) is 4.74 Å². The molecule has 24 heavy (non-hydrogen) atoms. The van der Waals surface area contributed by atoms with Crippen LogP contribution in [0.5, 0.6) is 0 Å². The van der Waals surface area contributed by atoms with E-state index in [2.05, 4.69) is 10.6 Å². The number of amides is 2. The highest BCUT2D eigenvalue weighted by atomic mass is 32.2. The van der Waals surface area contributed by atoms with Gasteiger partial charge in [-0.3, -0.25) is 9.59 Å². The van der Waals surface area contributed by atoms with Gasteiger partial charge in [-0.1, -0.05) is 12.8 Å². The van der Waals surface area contributed by atoms with Crippen LogP contribution < -0.4 is 10.6 Å². The van der Waals surface area contributed by atoms with E-state index in [0.29, 0.717) is 17.9 Å². The van der Waals surface area contributed by atoms with Gasteiger partial charge in [-0.25, -0.2) is 0 Å². The molecule has 6 heteroatoms. The monoisotopic (exact) mass is 348 g/mol. The first kappa shape index (κ1) is 17.3. The van der Waals surface area contributed by atoms with Crippen molar-refractivity contribution >= 4 is 29.3 Å². The van der Waals surface area contributed by atoms with E-state index in [9.17, 15) is 9.59 Å². The summed E-state index contributed by atoms with van der Waals surface area (Å²) >= 11 is 1.47. The lowest BCUT2D eigenvalue weighted by molar-refractivity contribution is -0.113.